The first-order valence-electron chi connectivity index (χ1n) is 10.4. The fourth-order valence-corrected chi connectivity index (χ4v) is 3.92. The number of aromatic nitrogens is 2. The molecule has 2 amide bonds. The quantitative estimate of drug-likeness (QED) is 0.680. The van der Waals surface area contributed by atoms with E-state index in [1.165, 1.54) is 0 Å². The maximum atomic E-state index is 12.8. The Labute approximate surface area is 176 Å². The summed E-state index contributed by atoms with van der Waals surface area (Å²) in [6.07, 6.45) is 1.01. The fraction of sp³-hybridized carbons (Fsp3) is 0.348. The van der Waals surface area contributed by atoms with Crippen molar-refractivity contribution < 1.29 is 9.59 Å². The summed E-state index contributed by atoms with van der Waals surface area (Å²) in [6, 6.07) is 18.2. The molecule has 4 rings (SSSR count). The number of amides is 2. The summed E-state index contributed by atoms with van der Waals surface area (Å²) >= 11 is 0. The van der Waals surface area contributed by atoms with E-state index < -0.39 is 0 Å². The molecule has 2 heterocycles. The Bertz CT molecular complexity index is 1020. The van der Waals surface area contributed by atoms with Gasteiger partial charge >= 0.3 is 0 Å². The van der Waals surface area contributed by atoms with Crippen LogP contribution in [0.4, 0.5) is 0 Å². The molecule has 1 fully saturated rings. The van der Waals surface area contributed by atoms with Gasteiger partial charge in [0.15, 0.2) is 0 Å². The van der Waals surface area contributed by atoms with Crippen molar-refractivity contribution in [3.8, 4) is 5.69 Å². The Kier molecular flexibility index (Phi) is 6.09. The molecule has 1 aliphatic rings. The molecule has 1 N–H and O–H groups in total. The van der Waals surface area contributed by atoms with Crippen molar-refractivity contribution in [3.63, 3.8) is 0 Å². The number of hydrogen-bond donors (Lipinski definition) is 1. The summed E-state index contributed by atoms with van der Waals surface area (Å²) in [7, 11) is 1.64. The molecule has 1 saturated heterocycles. The standard InChI is InChI=1S/C23H27N5O2/c1-24-22(29)17-26-13-15-27(16-14-26)23(30)12-11-21-25-19-9-5-6-10-20(19)28(21)18-7-3-2-4-8-18/h2-10H,11-17H2,1H3,(H,24,29). The zero-order valence-corrected chi connectivity index (χ0v) is 17.3. The van der Waals surface area contributed by atoms with Crippen LogP contribution in [0.2, 0.25) is 0 Å². The van der Waals surface area contributed by atoms with Gasteiger partial charge in [0.05, 0.1) is 17.6 Å². The molecule has 3 aromatic rings. The molecule has 7 nitrogen and oxygen atoms in total. The molecule has 7 heteroatoms. The topological polar surface area (TPSA) is 70.5 Å². The minimum Gasteiger partial charge on any atom is -0.358 e. The number of aryl methyl sites for hydroxylation is 1. The van der Waals surface area contributed by atoms with Crippen LogP contribution < -0.4 is 5.32 Å². The van der Waals surface area contributed by atoms with Gasteiger partial charge in [-0.2, -0.15) is 0 Å². The molecule has 1 aliphatic heterocycles. The second-order valence-electron chi connectivity index (χ2n) is 7.52. The van der Waals surface area contributed by atoms with Crippen molar-refractivity contribution >= 4 is 22.8 Å². The first-order valence-corrected chi connectivity index (χ1v) is 10.4. The Hall–Kier alpha value is -3.19. The third-order valence-corrected chi connectivity index (χ3v) is 5.58. The van der Waals surface area contributed by atoms with E-state index in [-0.39, 0.29) is 11.8 Å². The van der Waals surface area contributed by atoms with Crippen molar-refractivity contribution in [2.75, 3.05) is 39.8 Å². The van der Waals surface area contributed by atoms with Crippen molar-refractivity contribution in [1.82, 2.24) is 24.7 Å². The number of fused-ring (bicyclic) bond motifs is 1. The molecule has 1 aromatic heterocycles. The van der Waals surface area contributed by atoms with Gasteiger partial charge in [0.2, 0.25) is 11.8 Å². The number of nitrogens with zero attached hydrogens (tertiary/aromatic N) is 4. The van der Waals surface area contributed by atoms with Crippen LogP contribution in [0.3, 0.4) is 0 Å². The van der Waals surface area contributed by atoms with Crippen LogP contribution in [0, 0.1) is 0 Å². The summed E-state index contributed by atoms with van der Waals surface area (Å²) < 4.78 is 2.14. The number of carbonyl (C=O) groups excluding carboxylic acids is 2. The largest absolute Gasteiger partial charge is 0.358 e. The van der Waals surface area contributed by atoms with Crippen LogP contribution in [-0.4, -0.2) is 70.9 Å². The Morgan fingerprint density at radius 1 is 0.967 bits per heavy atom. The molecule has 0 radical (unpaired) electrons. The normalized spacial score (nSPS) is 14.8. The molecule has 0 spiro atoms. The zero-order chi connectivity index (χ0) is 20.9. The van der Waals surface area contributed by atoms with Gasteiger partial charge in [-0.05, 0) is 24.3 Å². The van der Waals surface area contributed by atoms with Crippen molar-refractivity contribution in [2.24, 2.45) is 0 Å². The van der Waals surface area contributed by atoms with Gasteiger partial charge in [-0.3, -0.25) is 19.1 Å². The van der Waals surface area contributed by atoms with Gasteiger partial charge in [0, 0.05) is 51.8 Å². The Morgan fingerprint density at radius 2 is 1.67 bits per heavy atom. The predicted octanol–water partition coefficient (Wildman–Crippen LogP) is 1.85. The van der Waals surface area contributed by atoms with Gasteiger partial charge in [0.1, 0.15) is 5.82 Å². The highest BCUT2D eigenvalue weighted by Crippen LogP contribution is 2.22. The van der Waals surface area contributed by atoms with Crippen LogP contribution in [0.15, 0.2) is 54.6 Å². The first kappa shape index (κ1) is 20.1. The van der Waals surface area contributed by atoms with Crippen LogP contribution in [0.25, 0.3) is 16.7 Å². The predicted molar refractivity (Wildman–Crippen MR) is 116 cm³/mol. The van der Waals surface area contributed by atoms with E-state index in [2.05, 4.69) is 33.0 Å². The molecular formula is C23H27N5O2. The van der Waals surface area contributed by atoms with E-state index in [4.69, 9.17) is 4.98 Å². The maximum absolute atomic E-state index is 12.8. The number of likely N-dealkylation sites (N-methyl/N-ethyl adjacent to an activating group) is 1. The van der Waals surface area contributed by atoms with Gasteiger partial charge in [-0.1, -0.05) is 30.3 Å². The number of carbonyl (C=O) groups is 2. The SMILES string of the molecule is CNC(=O)CN1CCN(C(=O)CCc2nc3ccccc3n2-c2ccccc2)CC1. The average molecular weight is 406 g/mol. The molecule has 156 valence electrons. The minimum atomic E-state index is 0.00888. The summed E-state index contributed by atoms with van der Waals surface area (Å²) in [5, 5.41) is 2.64. The van der Waals surface area contributed by atoms with E-state index in [0.717, 1.165) is 35.6 Å². The van der Waals surface area contributed by atoms with E-state index in [0.29, 0.717) is 32.5 Å². The molecule has 30 heavy (non-hydrogen) atoms. The summed E-state index contributed by atoms with van der Waals surface area (Å²) in [4.78, 5) is 33.1. The number of nitrogens with one attached hydrogen (secondary N) is 1. The van der Waals surface area contributed by atoms with Crippen LogP contribution >= 0.6 is 0 Å². The van der Waals surface area contributed by atoms with Crippen LogP contribution in [0.5, 0.6) is 0 Å². The molecule has 2 aromatic carbocycles. The van der Waals surface area contributed by atoms with E-state index in [1.807, 2.05) is 41.3 Å². The lowest BCUT2D eigenvalue weighted by Crippen LogP contribution is -2.50. The van der Waals surface area contributed by atoms with Crippen molar-refractivity contribution in [1.29, 1.82) is 0 Å². The highest BCUT2D eigenvalue weighted by molar-refractivity contribution is 5.80. The van der Waals surface area contributed by atoms with Crippen LogP contribution in [0.1, 0.15) is 12.2 Å². The Balaban J connectivity index is 1.43. The summed E-state index contributed by atoms with van der Waals surface area (Å²) in [5.41, 5.74) is 3.04. The number of rotatable bonds is 6. The monoisotopic (exact) mass is 405 g/mol. The lowest BCUT2D eigenvalue weighted by molar-refractivity contribution is -0.133. The molecule has 0 aliphatic carbocycles. The van der Waals surface area contributed by atoms with E-state index in [9.17, 15) is 9.59 Å². The van der Waals surface area contributed by atoms with Crippen molar-refractivity contribution in [2.45, 2.75) is 12.8 Å². The molecular weight excluding hydrogens is 378 g/mol. The first-order chi connectivity index (χ1) is 14.7. The number of benzene rings is 2. The molecule has 0 saturated carbocycles. The van der Waals surface area contributed by atoms with E-state index in [1.54, 1.807) is 7.05 Å². The summed E-state index contributed by atoms with van der Waals surface area (Å²) in [6.45, 7) is 3.15. The highest BCUT2D eigenvalue weighted by Gasteiger charge is 2.23. The molecule has 0 atom stereocenters. The highest BCUT2D eigenvalue weighted by atomic mass is 16.2. The van der Waals surface area contributed by atoms with Gasteiger partial charge in [-0.25, -0.2) is 4.98 Å². The number of imidazole rings is 1. The lowest BCUT2D eigenvalue weighted by Gasteiger charge is -2.34. The second kappa shape index (κ2) is 9.09. The second-order valence-corrected chi connectivity index (χ2v) is 7.52. The maximum Gasteiger partial charge on any atom is 0.233 e. The third-order valence-electron chi connectivity index (χ3n) is 5.58. The van der Waals surface area contributed by atoms with Gasteiger partial charge < -0.3 is 10.2 Å². The Morgan fingerprint density at radius 3 is 2.40 bits per heavy atom. The fourth-order valence-electron chi connectivity index (χ4n) is 3.92. The average Bonchev–Trinajstić information content (AvgIpc) is 3.17. The summed E-state index contributed by atoms with van der Waals surface area (Å²) in [5.74, 6) is 1.05. The number of piperazine rings is 1. The zero-order valence-electron chi connectivity index (χ0n) is 17.3. The van der Waals surface area contributed by atoms with Crippen molar-refractivity contribution in [3.05, 3.63) is 60.4 Å². The smallest absolute Gasteiger partial charge is 0.233 e. The molecule has 0 unspecified atom stereocenters. The minimum absolute atomic E-state index is 0.00888. The van der Waals surface area contributed by atoms with Crippen LogP contribution in [-0.2, 0) is 16.0 Å². The van der Waals surface area contributed by atoms with E-state index >= 15 is 0 Å². The molecule has 0 bridgehead atoms. The number of hydrogen-bond acceptors (Lipinski definition) is 4. The third kappa shape index (κ3) is 4.36. The van der Waals surface area contributed by atoms with Gasteiger partial charge in [-0.15, -0.1) is 0 Å². The number of para-hydroxylation sites is 3. The van der Waals surface area contributed by atoms with Gasteiger partial charge in [0.25, 0.3) is 0 Å². The lowest BCUT2D eigenvalue weighted by atomic mass is 10.2.